The van der Waals surface area contributed by atoms with Crippen molar-refractivity contribution in [2.45, 2.75) is 18.7 Å². The Balaban J connectivity index is 3.27. The van der Waals surface area contributed by atoms with Gasteiger partial charge in [-0.1, -0.05) is 35.0 Å². The number of carboxylic acids is 1. The first-order chi connectivity index (χ1) is 6.20. The fourth-order valence-electron chi connectivity index (χ4n) is 1.32. The van der Waals surface area contributed by atoms with E-state index in [0.717, 1.165) is 17.5 Å². The maximum absolute atomic E-state index is 10.8. The summed E-state index contributed by atoms with van der Waals surface area (Å²) in [5, 5.41) is 9.49. The molecule has 3 heteroatoms. The zero-order chi connectivity index (χ0) is 9.84. The first-order valence-corrected chi connectivity index (χ1v) is 5.22. The maximum Gasteiger partial charge on any atom is 0.336 e. The van der Waals surface area contributed by atoms with E-state index in [1.54, 1.807) is 12.1 Å². The summed E-state index contributed by atoms with van der Waals surface area (Å²) in [4.78, 5) is 10.8. The van der Waals surface area contributed by atoms with Crippen molar-refractivity contribution in [1.82, 2.24) is 0 Å². The second-order valence-corrected chi connectivity index (χ2v) is 3.30. The van der Waals surface area contributed by atoms with E-state index in [0.29, 0.717) is 10.9 Å². The van der Waals surface area contributed by atoms with E-state index in [9.17, 15) is 4.79 Å². The van der Waals surface area contributed by atoms with Crippen molar-refractivity contribution in [3.05, 3.63) is 34.9 Å². The molecule has 0 aliphatic heterocycles. The summed E-state index contributed by atoms with van der Waals surface area (Å²) >= 11 is 3.30. The van der Waals surface area contributed by atoms with Crippen LogP contribution in [0.3, 0.4) is 0 Å². The first-order valence-electron chi connectivity index (χ1n) is 4.10. The summed E-state index contributed by atoms with van der Waals surface area (Å²) in [5.41, 5.74) is 2.38. The molecule has 0 aromatic heterocycles. The fourth-order valence-corrected chi connectivity index (χ4v) is 1.99. The van der Waals surface area contributed by atoms with Gasteiger partial charge in [-0.3, -0.25) is 0 Å². The molecule has 0 atom stereocenters. The smallest absolute Gasteiger partial charge is 0.336 e. The summed E-state index contributed by atoms with van der Waals surface area (Å²) in [5.74, 6) is -0.857. The van der Waals surface area contributed by atoms with Gasteiger partial charge in [-0.15, -0.1) is 0 Å². The van der Waals surface area contributed by atoms with Crippen LogP contribution in [0.1, 0.15) is 28.4 Å². The molecule has 0 radical (unpaired) electrons. The number of hydrogen-bond donors (Lipinski definition) is 1. The molecule has 0 aliphatic rings. The molecular weight excluding hydrogens is 232 g/mol. The highest BCUT2D eigenvalue weighted by Gasteiger charge is 2.11. The van der Waals surface area contributed by atoms with Crippen molar-refractivity contribution < 1.29 is 9.90 Å². The third kappa shape index (κ3) is 2.10. The molecule has 2 nitrogen and oxygen atoms in total. The molecule has 0 unspecified atom stereocenters. The Morgan fingerprint density at radius 3 is 2.69 bits per heavy atom. The highest BCUT2D eigenvalue weighted by molar-refractivity contribution is 9.08. The first kappa shape index (κ1) is 10.3. The molecule has 0 aliphatic carbocycles. The Kier molecular flexibility index (Phi) is 3.48. The lowest BCUT2D eigenvalue weighted by atomic mass is 10.0. The zero-order valence-corrected chi connectivity index (χ0v) is 8.97. The third-order valence-corrected chi connectivity index (χ3v) is 2.58. The van der Waals surface area contributed by atoms with Crippen LogP contribution < -0.4 is 0 Å². The largest absolute Gasteiger partial charge is 0.478 e. The van der Waals surface area contributed by atoms with Crippen molar-refractivity contribution in [2.75, 3.05) is 0 Å². The molecule has 1 aromatic rings. The number of hydrogen-bond acceptors (Lipinski definition) is 1. The van der Waals surface area contributed by atoms with Gasteiger partial charge in [0, 0.05) is 5.33 Å². The average molecular weight is 243 g/mol. The molecule has 0 heterocycles. The van der Waals surface area contributed by atoms with E-state index in [1.165, 1.54) is 0 Å². The molecule has 70 valence electrons. The van der Waals surface area contributed by atoms with Crippen LogP contribution in [0.4, 0.5) is 0 Å². The van der Waals surface area contributed by atoms with Crippen molar-refractivity contribution in [1.29, 1.82) is 0 Å². The Morgan fingerprint density at radius 2 is 2.23 bits per heavy atom. The summed E-state index contributed by atoms with van der Waals surface area (Å²) in [6.07, 6.45) is 0.863. The number of benzene rings is 1. The predicted molar refractivity (Wildman–Crippen MR) is 55.4 cm³/mol. The average Bonchev–Trinajstić information content (AvgIpc) is 2.16. The lowest BCUT2D eigenvalue weighted by molar-refractivity contribution is 0.0696. The van der Waals surface area contributed by atoms with Gasteiger partial charge >= 0.3 is 5.97 Å². The number of rotatable bonds is 3. The van der Waals surface area contributed by atoms with Crippen LogP contribution >= 0.6 is 15.9 Å². The van der Waals surface area contributed by atoms with Gasteiger partial charge in [-0.05, 0) is 23.6 Å². The molecule has 0 spiro atoms. The Hall–Kier alpha value is -0.830. The monoisotopic (exact) mass is 242 g/mol. The van der Waals surface area contributed by atoms with E-state index in [1.807, 2.05) is 13.0 Å². The van der Waals surface area contributed by atoms with E-state index in [-0.39, 0.29) is 0 Å². The van der Waals surface area contributed by atoms with Crippen molar-refractivity contribution >= 4 is 21.9 Å². The number of alkyl halides is 1. The number of aromatic carboxylic acids is 1. The molecule has 1 N–H and O–H groups in total. The van der Waals surface area contributed by atoms with Crippen molar-refractivity contribution in [3.63, 3.8) is 0 Å². The predicted octanol–water partition coefficient (Wildman–Crippen LogP) is 2.84. The van der Waals surface area contributed by atoms with Crippen molar-refractivity contribution in [3.8, 4) is 0 Å². The third-order valence-electron chi connectivity index (χ3n) is 2.02. The standard InChI is InChI=1S/C10H11BrO2/c1-2-7-4-3-5-8(10(12)13)9(7)6-11/h3-5H,2,6H2,1H3,(H,12,13). The Labute approximate surface area is 85.7 Å². The fraction of sp³-hybridized carbons (Fsp3) is 0.300. The van der Waals surface area contributed by atoms with Crippen LogP contribution in [0.2, 0.25) is 0 Å². The quantitative estimate of drug-likeness (QED) is 0.829. The van der Waals surface area contributed by atoms with Gasteiger partial charge in [0.2, 0.25) is 0 Å². The van der Waals surface area contributed by atoms with Crippen LogP contribution in [0.15, 0.2) is 18.2 Å². The Bertz CT molecular complexity index is 321. The topological polar surface area (TPSA) is 37.3 Å². The molecule has 1 aromatic carbocycles. The van der Waals surface area contributed by atoms with Crippen LogP contribution in [-0.2, 0) is 11.8 Å². The molecule has 13 heavy (non-hydrogen) atoms. The summed E-state index contributed by atoms with van der Waals surface area (Å²) in [7, 11) is 0. The minimum absolute atomic E-state index is 0.399. The summed E-state index contributed by atoms with van der Waals surface area (Å²) in [6.45, 7) is 2.02. The zero-order valence-electron chi connectivity index (χ0n) is 7.38. The minimum atomic E-state index is -0.857. The number of carbonyl (C=O) groups is 1. The second kappa shape index (κ2) is 4.42. The molecule has 0 fully saturated rings. The van der Waals surface area contributed by atoms with Gasteiger partial charge in [0.05, 0.1) is 5.56 Å². The van der Waals surface area contributed by atoms with E-state index in [4.69, 9.17) is 5.11 Å². The van der Waals surface area contributed by atoms with E-state index >= 15 is 0 Å². The van der Waals surface area contributed by atoms with Gasteiger partial charge in [0.15, 0.2) is 0 Å². The van der Waals surface area contributed by atoms with Gasteiger partial charge in [-0.2, -0.15) is 0 Å². The second-order valence-electron chi connectivity index (χ2n) is 2.74. The lowest BCUT2D eigenvalue weighted by Crippen LogP contribution is -2.03. The minimum Gasteiger partial charge on any atom is -0.478 e. The SMILES string of the molecule is CCc1cccc(C(=O)O)c1CBr. The summed E-state index contributed by atoms with van der Waals surface area (Å²) < 4.78 is 0. The lowest BCUT2D eigenvalue weighted by Gasteiger charge is -2.07. The molecule has 0 amide bonds. The van der Waals surface area contributed by atoms with Crippen molar-refractivity contribution in [2.24, 2.45) is 0 Å². The van der Waals surface area contributed by atoms with Crippen LogP contribution in [0.5, 0.6) is 0 Å². The van der Waals surface area contributed by atoms with Gasteiger partial charge in [0.25, 0.3) is 0 Å². The van der Waals surface area contributed by atoms with E-state index < -0.39 is 5.97 Å². The maximum atomic E-state index is 10.8. The van der Waals surface area contributed by atoms with E-state index in [2.05, 4.69) is 15.9 Å². The normalized spacial score (nSPS) is 10.0. The molecule has 0 saturated carbocycles. The van der Waals surface area contributed by atoms with Gasteiger partial charge in [0.1, 0.15) is 0 Å². The number of carboxylic acid groups (broad SMARTS) is 1. The number of halogens is 1. The van der Waals surface area contributed by atoms with Crippen LogP contribution in [0, 0.1) is 0 Å². The van der Waals surface area contributed by atoms with Crippen LogP contribution in [-0.4, -0.2) is 11.1 Å². The van der Waals surface area contributed by atoms with Gasteiger partial charge < -0.3 is 5.11 Å². The molecular formula is C10H11BrO2. The molecule has 0 saturated heterocycles. The highest BCUT2D eigenvalue weighted by Crippen LogP contribution is 2.18. The molecule has 0 bridgehead atoms. The summed E-state index contributed by atoms with van der Waals surface area (Å²) in [6, 6.07) is 5.38. The number of aryl methyl sites for hydroxylation is 1. The Morgan fingerprint density at radius 1 is 1.54 bits per heavy atom. The molecule has 1 rings (SSSR count). The van der Waals surface area contributed by atoms with Gasteiger partial charge in [-0.25, -0.2) is 4.79 Å². The highest BCUT2D eigenvalue weighted by atomic mass is 79.9. The van der Waals surface area contributed by atoms with Crippen LogP contribution in [0.25, 0.3) is 0 Å².